The third kappa shape index (κ3) is 9.22. The summed E-state index contributed by atoms with van der Waals surface area (Å²) in [4.78, 5) is 0. The second-order valence-corrected chi connectivity index (χ2v) is 4.76. The van der Waals surface area contributed by atoms with Gasteiger partial charge in [-0.3, -0.25) is 0 Å². The van der Waals surface area contributed by atoms with Crippen molar-refractivity contribution in [3.05, 3.63) is 0 Å². The van der Waals surface area contributed by atoms with Crippen molar-refractivity contribution in [1.29, 1.82) is 0 Å². The molecule has 0 saturated heterocycles. The Kier molecular flexibility index (Phi) is 5.62. The molecule has 56 valence electrons. The first-order valence-corrected chi connectivity index (χ1v) is 4.50. The molecule has 0 fully saturated rings. The van der Waals surface area contributed by atoms with Gasteiger partial charge in [-0.2, -0.15) is 12.6 Å². The van der Waals surface area contributed by atoms with Gasteiger partial charge < -0.3 is 0 Å². The van der Waals surface area contributed by atoms with Crippen molar-refractivity contribution in [2.24, 2.45) is 0 Å². The minimum Gasteiger partial charge on any atom is -0.179 e. The van der Waals surface area contributed by atoms with Crippen molar-refractivity contribution in [1.82, 2.24) is 0 Å². The second-order valence-electron chi connectivity index (χ2n) is 1.80. The summed E-state index contributed by atoms with van der Waals surface area (Å²) < 4.78 is -1.07. The zero-order valence-corrected chi connectivity index (χ0v) is 8.07. The average molecular weight is 208 g/mol. The standard InChI is InChI=1S/C5H9Cl3S/c6-5(7,8)3-1-2-4-9/h9H,1-4H2. The summed E-state index contributed by atoms with van der Waals surface area (Å²) in [6, 6.07) is 0. The van der Waals surface area contributed by atoms with Crippen LogP contribution < -0.4 is 0 Å². The van der Waals surface area contributed by atoms with Crippen molar-refractivity contribution in [2.45, 2.75) is 23.1 Å². The number of halogens is 3. The van der Waals surface area contributed by atoms with Crippen LogP contribution >= 0.6 is 47.4 Å². The molecule has 0 aliphatic heterocycles. The normalized spacial score (nSPS) is 12.0. The van der Waals surface area contributed by atoms with E-state index < -0.39 is 3.79 Å². The monoisotopic (exact) mass is 206 g/mol. The molecule has 0 aliphatic rings. The van der Waals surface area contributed by atoms with Crippen molar-refractivity contribution >= 4 is 47.4 Å². The third-order valence-corrected chi connectivity index (χ3v) is 1.75. The quantitative estimate of drug-likeness (QED) is 0.409. The van der Waals surface area contributed by atoms with E-state index in [0.717, 1.165) is 18.6 Å². The Balaban J connectivity index is 3.07. The largest absolute Gasteiger partial charge is 0.190 e. The second kappa shape index (κ2) is 4.95. The lowest BCUT2D eigenvalue weighted by atomic mass is 10.3. The lowest BCUT2D eigenvalue weighted by Crippen LogP contribution is -2.00. The van der Waals surface area contributed by atoms with Gasteiger partial charge in [0.1, 0.15) is 0 Å². The predicted octanol–water partition coefficient (Wildman–Crippen LogP) is 3.46. The van der Waals surface area contributed by atoms with Crippen LogP contribution in [-0.4, -0.2) is 9.55 Å². The van der Waals surface area contributed by atoms with E-state index in [1.165, 1.54) is 0 Å². The fourth-order valence-corrected chi connectivity index (χ4v) is 1.06. The summed E-state index contributed by atoms with van der Waals surface area (Å²) in [5.74, 6) is 0.862. The van der Waals surface area contributed by atoms with Crippen molar-refractivity contribution in [3.63, 3.8) is 0 Å². The number of alkyl halides is 3. The molecule has 4 heteroatoms. The highest BCUT2D eigenvalue weighted by molar-refractivity contribution is 7.80. The van der Waals surface area contributed by atoms with Gasteiger partial charge in [0.2, 0.25) is 0 Å². The molecular weight excluding hydrogens is 198 g/mol. The predicted molar refractivity (Wildman–Crippen MR) is 48.0 cm³/mol. The first kappa shape index (κ1) is 10.2. The fraction of sp³-hybridized carbons (Fsp3) is 1.00. The summed E-state index contributed by atoms with van der Waals surface area (Å²) in [6.07, 6.45) is 2.56. The number of unbranched alkanes of at least 4 members (excludes halogenated alkanes) is 1. The summed E-state index contributed by atoms with van der Waals surface area (Å²) in [5.41, 5.74) is 0. The molecule has 0 aromatic carbocycles. The Bertz CT molecular complexity index is 69.1. The van der Waals surface area contributed by atoms with Gasteiger partial charge in [0, 0.05) is 0 Å². The Morgan fingerprint density at radius 1 is 1.11 bits per heavy atom. The van der Waals surface area contributed by atoms with E-state index in [4.69, 9.17) is 34.8 Å². The Labute approximate surface area is 76.3 Å². The molecule has 0 bridgehead atoms. The summed E-state index contributed by atoms with van der Waals surface area (Å²) in [5, 5.41) is 0. The molecule has 0 N–H and O–H groups in total. The van der Waals surface area contributed by atoms with Crippen LogP contribution in [-0.2, 0) is 0 Å². The van der Waals surface area contributed by atoms with Crippen LogP contribution in [0.25, 0.3) is 0 Å². The van der Waals surface area contributed by atoms with E-state index in [0.29, 0.717) is 6.42 Å². The molecule has 9 heavy (non-hydrogen) atoms. The van der Waals surface area contributed by atoms with E-state index in [9.17, 15) is 0 Å². The van der Waals surface area contributed by atoms with Gasteiger partial charge in [0.15, 0.2) is 3.79 Å². The van der Waals surface area contributed by atoms with Crippen LogP contribution in [0.1, 0.15) is 19.3 Å². The third-order valence-electron chi connectivity index (χ3n) is 0.868. The van der Waals surface area contributed by atoms with Gasteiger partial charge in [-0.25, -0.2) is 0 Å². The van der Waals surface area contributed by atoms with Gasteiger partial charge in [-0.05, 0) is 25.0 Å². The molecule has 0 amide bonds. The lowest BCUT2D eigenvalue weighted by Gasteiger charge is -2.08. The van der Waals surface area contributed by atoms with Gasteiger partial charge in [0.25, 0.3) is 0 Å². The van der Waals surface area contributed by atoms with E-state index in [1.54, 1.807) is 0 Å². The van der Waals surface area contributed by atoms with Crippen LogP contribution in [0.15, 0.2) is 0 Å². The van der Waals surface area contributed by atoms with Gasteiger partial charge >= 0.3 is 0 Å². The molecule has 0 atom stereocenters. The maximum Gasteiger partial charge on any atom is 0.190 e. The van der Waals surface area contributed by atoms with Crippen molar-refractivity contribution < 1.29 is 0 Å². The Morgan fingerprint density at radius 2 is 1.67 bits per heavy atom. The van der Waals surface area contributed by atoms with Crippen molar-refractivity contribution in [2.75, 3.05) is 5.75 Å². The molecule has 0 aromatic heterocycles. The van der Waals surface area contributed by atoms with Crippen LogP contribution in [0.2, 0.25) is 0 Å². The van der Waals surface area contributed by atoms with Gasteiger partial charge in [-0.15, -0.1) is 0 Å². The van der Waals surface area contributed by atoms with Crippen molar-refractivity contribution in [3.8, 4) is 0 Å². The number of hydrogen-bond donors (Lipinski definition) is 1. The maximum atomic E-state index is 5.47. The Morgan fingerprint density at radius 3 is 2.00 bits per heavy atom. The maximum absolute atomic E-state index is 5.47. The molecule has 0 aliphatic carbocycles. The fourth-order valence-electron chi connectivity index (χ4n) is 0.437. The van der Waals surface area contributed by atoms with E-state index in [-0.39, 0.29) is 0 Å². The van der Waals surface area contributed by atoms with E-state index >= 15 is 0 Å². The summed E-state index contributed by atoms with van der Waals surface area (Å²) in [6.45, 7) is 0. The lowest BCUT2D eigenvalue weighted by molar-refractivity contribution is 0.740. The first-order valence-electron chi connectivity index (χ1n) is 2.74. The number of rotatable bonds is 3. The van der Waals surface area contributed by atoms with Gasteiger partial charge in [0.05, 0.1) is 0 Å². The highest BCUT2D eigenvalue weighted by Gasteiger charge is 2.17. The molecule has 0 aromatic rings. The number of hydrogen-bond acceptors (Lipinski definition) is 1. The summed E-state index contributed by atoms with van der Waals surface area (Å²) >= 11 is 20.4. The van der Waals surface area contributed by atoms with Gasteiger partial charge in [-0.1, -0.05) is 34.8 Å². The smallest absolute Gasteiger partial charge is 0.179 e. The molecule has 0 rings (SSSR count). The zero-order valence-electron chi connectivity index (χ0n) is 4.91. The minimum absolute atomic E-state index is 0.623. The highest BCUT2D eigenvalue weighted by Crippen LogP contribution is 2.31. The van der Waals surface area contributed by atoms with Crippen LogP contribution in [0.5, 0.6) is 0 Å². The molecular formula is C5H9Cl3S. The molecule has 0 spiro atoms. The number of thiol groups is 1. The molecule has 0 nitrogen and oxygen atoms in total. The Hall–Kier alpha value is 1.22. The highest BCUT2D eigenvalue weighted by atomic mass is 35.6. The van der Waals surface area contributed by atoms with E-state index in [2.05, 4.69) is 12.6 Å². The van der Waals surface area contributed by atoms with Crippen LogP contribution in [0.3, 0.4) is 0 Å². The first-order chi connectivity index (χ1) is 4.06. The zero-order chi connectivity index (χ0) is 7.33. The molecule has 0 radical (unpaired) electrons. The minimum atomic E-state index is -1.07. The SMILES string of the molecule is SCCCCC(Cl)(Cl)Cl. The molecule has 0 unspecified atom stereocenters. The average Bonchev–Trinajstić information content (AvgIpc) is 1.63. The van der Waals surface area contributed by atoms with Crippen LogP contribution in [0, 0.1) is 0 Å². The summed E-state index contributed by atoms with van der Waals surface area (Å²) in [7, 11) is 0. The molecule has 0 saturated carbocycles. The van der Waals surface area contributed by atoms with Crippen LogP contribution in [0.4, 0.5) is 0 Å². The topological polar surface area (TPSA) is 0 Å². The van der Waals surface area contributed by atoms with E-state index in [1.807, 2.05) is 0 Å². The molecule has 0 heterocycles.